The quantitative estimate of drug-likeness (QED) is 0.848. The number of nitrogens with zero attached hydrogens (tertiary/aromatic N) is 1. The monoisotopic (exact) mass is 267 g/mol. The van der Waals surface area contributed by atoms with Crippen LogP contribution in [0.25, 0.3) is 0 Å². The molecule has 0 aromatic carbocycles. The lowest BCUT2D eigenvalue weighted by Gasteiger charge is -2.53. The molecule has 2 heterocycles. The zero-order valence-electron chi connectivity index (χ0n) is 11.8. The summed E-state index contributed by atoms with van der Waals surface area (Å²) >= 11 is 0. The highest BCUT2D eigenvalue weighted by molar-refractivity contribution is 5.70. The number of carboxylic acid groups (broad SMARTS) is 1. The van der Waals surface area contributed by atoms with Gasteiger partial charge in [-0.3, -0.25) is 4.79 Å². The number of likely N-dealkylation sites (tertiary alicyclic amines) is 1. The molecular weight excluding hydrogens is 242 g/mol. The predicted molar refractivity (Wildman–Crippen MR) is 71.9 cm³/mol. The van der Waals surface area contributed by atoms with Gasteiger partial charge in [0, 0.05) is 12.0 Å². The Hall–Kier alpha value is -0.610. The molecule has 0 aromatic rings. The van der Waals surface area contributed by atoms with Crippen LogP contribution in [0.1, 0.15) is 32.1 Å². The highest BCUT2D eigenvalue weighted by Crippen LogP contribution is 2.52. The van der Waals surface area contributed by atoms with E-state index in [4.69, 9.17) is 9.84 Å². The summed E-state index contributed by atoms with van der Waals surface area (Å²) in [6.07, 6.45) is 5.19. The summed E-state index contributed by atoms with van der Waals surface area (Å²) in [5.41, 5.74) is 0.369. The fourth-order valence-electron chi connectivity index (χ4n) is 4.46. The van der Waals surface area contributed by atoms with Crippen molar-refractivity contribution in [2.45, 2.75) is 32.1 Å². The van der Waals surface area contributed by atoms with E-state index in [0.717, 1.165) is 44.8 Å². The number of carboxylic acids is 1. The summed E-state index contributed by atoms with van der Waals surface area (Å²) in [7, 11) is 2.20. The van der Waals surface area contributed by atoms with E-state index in [9.17, 15) is 4.79 Å². The van der Waals surface area contributed by atoms with Crippen molar-refractivity contribution in [3.8, 4) is 0 Å². The summed E-state index contributed by atoms with van der Waals surface area (Å²) in [6.45, 7) is 4.22. The Labute approximate surface area is 115 Å². The lowest BCUT2D eigenvalue weighted by atomic mass is 9.59. The van der Waals surface area contributed by atoms with Crippen molar-refractivity contribution in [1.82, 2.24) is 4.90 Å². The van der Waals surface area contributed by atoms with Crippen molar-refractivity contribution < 1.29 is 14.6 Å². The van der Waals surface area contributed by atoms with Gasteiger partial charge in [0.05, 0.1) is 19.1 Å². The van der Waals surface area contributed by atoms with Crippen LogP contribution in [0.2, 0.25) is 0 Å². The Balaban J connectivity index is 1.65. The molecule has 0 amide bonds. The molecule has 1 aliphatic carbocycles. The van der Waals surface area contributed by atoms with Crippen molar-refractivity contribution in [3.63, 3.8) is 0 Å². The smallest absolute Gasteiger partial charge is 0.306 e. The molecule has 4 heteroatoms. The van der Waals surface area contributed by atoms with E-state index in [2.05, 4.69) is 11.9 Å². The molecular formula is C15H25NO3. The van der Waals surface area contributed by atoms with Crippen molar-refractivity contribution in [2.75, 3.05) is 33.4 Å². The van der Waals surface area contributed by atoms with E-state index >= 15 is 0 Å². The van der Waals surface area contributed by atoms with E-state index in [0.29, 0.717) is 11.3 Å². The molecule has 19 heavy (non-hydrogen) atoms. The molecule has 108 valence electrons. The van der Waals surface area contributed by atoms with Crippen LogP contribution in [0.5, 0.6) is 0 Å². The normalized spacial score (nSPS) is 38.9. The maximum Gasteiger partial charge on any atom is 0.306 e. The third-order valence-electron chi connectivity index (χ3n) is 5.84. The fourth-order valence-corrected chi connectivity index (χ4v) is 4.46. The van der Waals surface area contributed by atoms with Gasteiger partial charge >= 0.3 is 5.97 Å². The Bertz CT molecular complexity index is 345. The molecule has 1 N–H and O–H groups in total. The minimum atomic E-state index is -0.599. The first-order valence-electron chi connectivity index (χ1n) is 7.61. The van der Waals surface area contributed by atoms with Gasteiger partial charge in [-0.25, -0.2) is 0 Å². The average Bonchev–Trinajstić information content (AvgIpc) is 2.75. The largest absolute Gasteiger partial charge is 0.481 e. The summed E-state index contributed by atoms with van der Waals surface area (Å²) in [4.78, 5) is 13.5. The molecule has 4 nitrogen and oxygen atoms in total. The second kappa shape index (κ2) is 5.06. The Morgan fingerprint density at radius 3 is 2.26 bits per heavy atom. The number of aliphatic carboxylic acids is 1. The first-order chi connectivity index (χ1) is 9.12. The average molecular weight is 267 g/mol. The van der Waals surface area contributed by atoms with Gasteiger partial charge in [0.15, 0.2) is 0 Å². The lowest BCUT2D eigenvalue weighted by Crippen LogP contribution is -2.55. The molecule has 0 bridgehead atoms. The first-order valence-corrected chi connectivity index (χ1v) is 7.61. The number of rotatable bonds is 3. The van der Waals surface area contributed by atoms with Crippen LogP contribution in [-0.4, -0.2) is 49.3 Å². The van der Waals surface area contributed by atoms with Crippen molar-refractivity contribution in [1.29, 1.82) is 0 Å². The third-order valence-corrected chi connectivity index (χ3v) is 5.84. The molecule has 2 aliphatic heterocycles. The summed E-state index contributed by atoms with van der Waals surface area (Å²) in [6, 6.07) is 0. The highest BCUT2D eigenvalue weighted by atomic mass is 16.5. The number of carbonyl (C=O) groups is 1. The first kappa shape index (κ1) is 13.4. The molecule has 2 saturated heterocycles. The fraction of sp³-hybridized carbons (Fsp3) is 0.933. The highest BCUT2D eigenvalue weighted by Gasteiger charge is 2.52. The standard InChI is InChI=1S/C15H25NO3/c1-16-7-6-13(8-16)15(9-19-10-15)12-4-2-11(3-5-12)14(17)18/h11-13H,2-10H2,1H3,(H,17,18). The van der Waals surface area contributed by atoms with Crippen LogP contribution >= 0.6 is 0 Å². The molecule has 0 spiro atoms. The predicted octanol–water partition coefficient (Wildman–Crippen LogP) is 1.85. The Morgan fingerprint density at radius 2 is 1.84 bits per heavy atom. The van der Waals surface area contributed by atoms with E-state index in [1.54, 1.807) is 0 Å². The SMILES string of the molecule is CN1CCC(C2(C3CCC(C(=O)O)CC3)COC2)C1. The summed E-state index contributed by atoms with van der Waals surface area (Å²) in [5.74, 6) is 0.754. The second-order valence-corrected chi connectivity index (χ2v) is 6.86. The van der Waals surface area contributed by atoms with E-state index in [-0.39, 0.29) is 5.92 Å². The maximum absolute atomic E-state index is 11.1. The van der Waals surface area contributed by atoms with Gasteiger partial charge < -0.3 is 14.7 Å². The van der Waals surface area contributed by atoms with Gasteiger partial charge in [-0.2, -0.15) is 0 Å². The third kappa shape index (κ3) is 2.29. The minimum absolute atomic E-state index is 0.0967. The molecule has 3 fully saturated rings. The molecule has 1 saturated carbocycles. The summed E-state index contributed by atoms with van der Waals surface area (Å²) < 4.78 is 5.58. The lowest BCUT2D eigenvalue weighted by molar-refractivity contribution is -0.184. The maximum atomic E-state index is 11.1. The second-order valence-electron chi connectivity index (χ2n) is 6.86. The van der Waals surface area contributed by atoms with Gasteiger partial charge in [-0.15, -0.1) is 0 Å². The summed E-state index contributed by atoms with van der Waals surface area (Å²) in [5, 5.41) is 9.11. The van der Waals surface area contributed by atoms with Gasteiger partial charge in [0.1, 0.15) is 0 Å². The van der Waals surface area contributed by atoms with Crippen LogP contribution in [0.3, 0.4) is 0 Å². The number of hydrogen-bond acceptors (Lipinski definition) is 3. The van der Waals surface area contributed by atoms with Crippen LogP contribution in [0.4, 0.5) is 0 Å². The minimum Gasteiger partial charge on any atom is -0.481 e. The van der Waals surface area contributed by atoms with E-state index in [1.165, 1.54) is 19.5 Å². The molecule has 3 rings (SSSR count). The van der Waals surface area contributed by atoms with Gasteiger partial charge in [-0.05, 0) is 57.5 Å². The van der Waals surface area contributed by atoms with Crippen molar-refractivity contribution >= 4 is 5.97 Å². The Kier molecular flexibility index (Phi) is 3.56. The molecule has 0 radical (unpaired) electrons. The molecule has 1 atom stereocenters. The number of hydrogen-bond donors (Lipinski definition) is 1. The van der Waals surface area contributed by atoms with Gasteiger partial charge in [0.2, 0.25) is 0 Å². The van der Waals surface area contributed by atoms with E-state index in [1.807, 2.05) is 0 Å². The van der Waals surface area contributed by atoms with Crippen molar-refractivity contribution in [2.24, 2.45) is 23.2 Å². The van der Waals surface area contributed by atoms with Crippen LogP contribution < -0.4 is 0 Å². The van der Waals surface area contributed by atoms with Crippen molar-refractivity contribution in [3.05, 3.63) is 0 Å². The zero-order valence-corrected chi connectivity index (χ0v) is 11.8. The molecule has 1 unspecified atom stereocenters. The van der Waals surface area contributed by atoms with Crippen LogP contribution in [-0.2, 0) is 9.53 Å². The molecule has 0 aromatic heterocycles. The molecule has 3 aliphatic rings. The van der Waals surface area contributed by atoms with Gasteiger partial charge in [0.25, 0.3) is 0 Å². The van der Waals surface area contributed by atoms with E-state index < -0.39 is 5.97 Å². The van der Waals surface area contributed by atoms with Crippen LogP contribution in [0, 0.1) is 23.2 Å². The Morgan fingerprint density at radius 1 is 1.16 bits per heavy atom. The number of ether oxygens (including phenoxy) is 1. The zero-order chi connectivity index (χ0) is 13.5. The van der Waals surface area contributed by atoms with Crippen LogP contribution in [0.15, 0.2) is 0 Å². The van der Waals surface area contributed by atoms with Gasteiger partial charge in [-0.1, -0.05) is 0 Å². The topological polar surface area (TPSA) is 49.8 Å².